The highest BCUT2D eigenvalue weighted by Crippen LogP contribution is 2.23. The lowest BCUT2D eigenvalue weighted by Crippen LogP contribution is -2.47. The highest BCUT2D eigenvalue weighted by atomic mass is 79.9. The van der Waals surface area contributed by atoms with Gasteiger partial charge in [-0.2, -0.15) is 0 Å². The monoisotopic (exact) mass is 312 g/mol. The van der Waals surface area contributed by atoms with Crippen molar-refractivity contribution < 1.29 is 9.53 Å². The van der Waals surface area contributed by atoms with Crippen LogP contribution in [0.3, 0.4) is 0 Å². The second kappa shape index (κ2) is 6.31. The summed E-state index contributed by atoms with van der Waals surface area (Å²) in [5.41, 5.74) is 0.923. The predicted molar refractivity (Wildman–Crippen MR) is 74.8 cm³/mol. The van der Waals surface area contributed by atoms with Crippen LogP contribution in [0.1, 0.15) is 6.42 Å². The summed E-state index contributed by atoms with van der Waals surface area (Å²) in [5.74, 6) is 0.0220. The number of rotatable bonds is 4. The number of nitrogens with one attached hydrogen (secondary N) is 1. The molecule has 1 aromatic rings. The number of hydrogen-bond donors (Lipinski definition) is 1. The number of anilines is 1. The molecule has 1 atom stereocenters. The van der Waals surface area contributed by atoms with Crippen molar-refractivity contribution in [3.05, 3.63) is 28.7 Å². The summed E-state index contributed by atoms with van der Waals surface area (Å²) in [6.45, 7) is 1.68. The van der Waals surface area contributed by atoms with Crippen LogP contribution in [-0.2, 0) is 9.53 Å². The molecule has 1 aromatic carbocycles. The molecule has 98 valence electrons. The minimum Gasteiger partial charge on any atom is -0.366 e. The smallest absolute Gasteiger partial charge is 0.253 e. The first-order valence-electron chi connectivity index (χ1n) is 6.03. The van der Waals surface area contributed by atoms with E-state index in [2.05, 4.69) is 21.2 Å². The van der Waals surface area contributed by atoms with Gasteiger partial charge in [0.1, 0.15) is 6.61 Å². The van der Waals surface area contributed by atoms with E-state index in [0.29, 0.717) is 6.54 Å². The van der Waals surface area contributed by atoms with Gasteiger partial charge in [-0.3, -0.25) is 4.79 Å². The zero-order valence-electron chi connectivity index (χ0n) is 10.4. The highest BCUT2D eigenvalue weighted by molar-refractivity contribution is 9.10. The van der Waals surface area contributed by atoms with Gasteiger partial charge in [-0.25, -0.2) is 0 Å². The Bertz CT molecular complexity index is 425. The van der Waals surface area contributed by atoms with Crippen molar-refractivity contribution in [2.45, 2.75) is 12.5 Å². The fraction of sp³-hybridized carbons (Fsp3) is 0.462. The quantitative estimate of drug-likeness (QED) is 0.921. The Morgan fingerprint density at radius 1 is 1.56 bits per heavy atom. The SMILES string of the molecule is CNCCC1CN(c2cccc(Br)c2)C(=O)CO1. The molecule has 0 aromatic heterocycles. The van der Waals surface area contributed by atoms with Crippen molar-refractivity contribution in [1.29, 1.82) is 0 Å². The average molecular weight is 313 g/mol. The normalized spacial score (nSPS) is 20.2. The molecule has 1 N–H and O–H groups in total. The number of halogens is 1. The molecule has 4 nitrogen and oxygen atoms in total. The molecule has 1 amide bonds. The minimum atomic E-state index is 0.0220. The first kappa shape index (κ1) is 13.5. The Balaban J connectivity index is 2.08. The van der Waals surface area contributed by atoms with E-state index in [1.807, 2.05) is 31.3 Å². The van der Waals surface area contributed by atoms with E-state index in [0.717, 1.165) is 23.1 Å². The van der Waals surface area contributed by atoms with E-state index >= 15 is 0 Å². The molecule has 0 bridgehead atoms. The molecular formula is C13H17BrN2O2. The summed E-state index contributed by atoms with van der Waals surface area (Å²) in [5, 5.41) is 3.10. The van der Waals surface area contributed by atoms with Gasteiger partial charge in [0.05, 0.1) is 12.6 Å². The number of carbonyl (C=O) groups is 1. The maximum Gasteiger partial charge on any atom is 0.253 e. The van der Waals surface area contributed by atoms with Crippen molar-refractivity contribution in [3.8, 4) is 0 Å². The van der Waals surface area contributed by atoms with Gasteiger partial charge in [0.25, 0.3) is 5.91 Å². The van der Waals surface area contributed by atoms with Crippen LogP contribution in [0.2, 0.25) is 0 Å². The lowest BCUT2D eigenvalue weighted by Gasteiger charge is -2.33. The highest BCUT2D eigenvalue weighted by Gasteiger charge is 2.26. The Morgan fingerprint density at radius 3 is 3.11 bits per heavy atom. The molecule has 1 unspecified atom stereocenters. The van der Waals surface area contributed by atoms with Gasteiger partial charge in [0.15, 0.2) is 0 Å². The molecule has 0 spiro atoms. The average Bonchev–Trinajstić information content (AvgIpc) is 2.38. The van der Waals surface area contributed by atoms with E-state index in [4.69, 9.17) is 4.74 Å². The van der Waals surface area contributed by atoms with Crippen LogP contribution in [-0.4, -0.2) is 38.8 Å². The third-order valence-electron chi connectivity index (χ3n) is 2.97. The third kappa shape index (κ3) is 3.31. The molecule has 0 radical (unpaired) electrons. The van der Waals surface area contributed by atoms with Crippen molar-refractivity contribution in [1.82, 2.24) is 5.32 Å². The standard InChI is InChI=1S/C13H17BrN2O2/c1-15-6-5-12-8-16(13(17)9-18-12)11-4-2-3-10(14)7-11/h2-4,7,12,15H,5-6,8-9H2,1H3. The molecular weight excluding hydrogens is 296 g/mol. The number of carbonyl (C=O) groups excluding carboxylic acids is 1. The van der Waals surface area contributed by atoms with Gasteiger partial charge in [-0.05, 0) is 38.2 Å². The fourth-order valence-corrected chi connectivity index (χ4v) is 2.39. The molecule has 1 fully saturated rings. The first-order chi connectivity index (χ1) is 8.70. The summed E-state index contributed by atoms with van der Waals surface area (Å²) < 4.78 is 6.51. The second-order valence-corrected chi connectivity index (χ2v) is 5.23. The summed E-state index contributed by atoms with van der Waals surface area (Å²) in [6, 6.07) is 7.79. The van der Waals surface area contributed by atoms with Crippen LogP contribution in [0, 0.1) is 0 Å². The van der Waals surface area contributed by atoms with Gasteiger partial charge in [-0.1, -0.05) is 22.0 Å². The Kier molecular flexibility index (Phi) is 4.74. The first-order valence-corrected chi connectivity index (χ1v) is 6.82. The van der Waals surface area contributed by atoms with Crippen molar-refractivity contribution in [2.75, 3.05) is 31.6 Å². The van der Waals surface area contributed by atoms with Crippen LogP contribution in [0.5, 0.6) is 0 Å². The predicted octanol–water partition coefficient (Wildman–Crippen LogP) is 1.79. The molecule has 2 rings (SSSR count). The molecule has 5 heteroatoms. The number of nitrogens with zero attached hydrogens (tertiary/aromatic N) is 1. The molecule has 1 aliphatic heterocycles. The summed E-state index contributed by atoms with van der Waals surface area (Å²) in [6.07, 6.45) is 1.02. The van der Waals surface area contributed by atoms with Crippen LogP contribution in [0.25, 0.3) is 0 Å². The van der Waals surface area contributed by atoms with Gasteiger partial charge >= 0.3 is 0 Å². The second-order valence-electron chi connectivity index (χ2n) is 4.31. The largest absolute Gasteiger partial charge is 0.366 e. The summed E-state index contributed by atoms with van der Waals surface area (Å²) >= 11 is 3.43. The number of ether oxygens (including phenoxy) is 1. The number of amides is 1. The summed E-state index contributed by atoms with van der Waals surface area (Å²) in [4.78, 5) is 13.7. The van der Waals surface area contributed by atoms with E-state index in [9.17, 15) is 4.79 Å². The van der Waals surface area contributed by atoms with E-state index < -0.39 is 0 Å². The van der Waals surface area contributed by atoms with Gasteiger partial charge in [0.2, 0.25) is 0 Å². The van der Waals surface area contributed by atoms with E-state index in [-0.39, 0.29) is 18.6 Å². The zero-order chi connectivity index (χ0) is 13.0. The number of morpholine rings is 1. The third-order valence-corrected chi connectivity index (χ3v) is 3.46. The lowest BCUT2D eigenvalue weighted by molar-refractivity contribution is -0.129. The van der Waals surface area contributed by atoms with Crippen LogP contribution in [0.15, 0.2) is 28.7 Å². The van der Waals surface area contributed by atoms with Crippen molar-refractivity contribution in [3.63, 3.8) is 0 Å². The Morgan fingerprint density at radius 2 is 2.39 bits per heavy atom. The number of benzene rings is 1. The van der Waals surface area contributed by atoms with Crippen LogP contribution < -0.4 is 10.2 Å². The van der Waals surface area contributed by atoms with Gasteiger partial charge < -0.3 is 15.0 Å². The van der Waals surface area contributed by atoms with Gasteiger partial charge in [0, 0.05) is 10.2 Å². The van der Waals surface area contributed by atoms with Crippen LogP contribution >= 0.6 is 15.9 Å². The van der Waals surface area contributed by atoms with Crippen LogP contribution in [0.4, 0.5) is 5.69 Å². The fourth-order valence-electron chi connectivity index (χ4n) is 2.00. The maximum atomic E-state index is 11.9. The van der Waals surface area contributed by atoms with E-state index in [1.165, 1.54) is 0 Å². The summed E-state index contributed by atoms with van der Waals surface area (Å²) in [7, 11) is 1.92. The number of hydrogen-bond acceptors (Lipinski definition) is 3. The maximum absolute atomic E-state index is 11.9. The molecule has 1 aliphatic rings. The molecule has 1 saturated heterocycles. The van der Waals surface area contributed by atoms with Gasteiger partial charge in [-0.15, -0.1) is 0 Å². The molecule has 0 saturated carbocycles. The topological polar surface area (TPSA) is 41.6 Å². The Hall–Kier alpha value is -0.910. The molecule has 0 aliphatic carbocycles. The molecule has 1 heterocycles. The van der Waals surface area contributed by atoms with Crippen molar-refractivity contribution in [2.24, 2.45) is 0 Å². The minimum absolute atomic E-state index is 0.0220. The molecule has 18 heavy (non-hydrogen) atoms. The lowest BCUT2D eigenvalue weighted by atomic mass is 10.2. The zero-order valence-corrected chi connectivity index (χ0v) is 11.9. The van der Waals surface area contributed by atoms with E-state index in [1.54, 1.807) is 4.90 Å². The Labute approximate surface area is 115 Å². The van der Waals surface area contributed by atoms with Crippen molar-refractivity contribution >= 4 is 27.5 Å².